The molecule has 0 heterocycles. The van der Waals surface area contributed by atoms with E-state index in [9.17, 15) is 15.0 Å². The second-order valence-electron chi connectivity index (χ2n) is 5.61. The van der Waals surface area contributed by atoms with Crippen LogP contribution < -0.4 is 0 Å². The molecule has 0 aliphatic rings. The monoisotopic (exact) mass is 267 g/mol. The van der Waals surface area contributed by atoms with Crippen molar-refractivity contribution in [3.05, 3.63) is 23.8 Å². The lowest BCUT2D eigenvalue weighted by Gasteiger charge is -2.39. The van der Waals surface area contributed by atoms with Crippen molar-refractivity contribution in [1.82, 2.24) is 4.90 Å². The minimum atomic E-state index is -0.917. The average Bonchev–Trinajstić information content (AvgIpc) is 2.23. The van der Waals surface area contributed by atoms with Gasteiger partial charge in [0, 0.05) is 23.2 Å². The molecular weight excluding hydrogens is 246 g/mol. The minimum Gasteiger partial charge on any atom is -0.508 e. The van der Waals surface area contributed by atoms with Crippen molar-refractivity contribution in [3.8, 4) is 11.5 Å². The molecule has 3 N–H and O–H groups in total. The van der Waals surface area contributed by atoms with Crippen LogP contribution in [0.2, 0.25) is 0 Å². The smallest absolute Gasteiger partial charge is 0.317 e. The van der Waals surface area contributed by atoms with Crippen molar-refractivity contribution in [2.24, 2.45) is 0 Å². The summed E-state index contributed by atoms with van der Waals surface area (Å²) >= 11 is 0. The van der Waals surface area contributed by atoms with Gasteiger partial charge in [0.15, 0.2) is 0 Å². The van der Waals surface area contributed by atoms with Gasteiger partial charge in [-0.15, -0.1) is 0 Å². The van der Waals surface area contributed by atoms with Gasteiger partial charge in [-0.05, 0) is 33.8 Å². The molecule has 0 aromatic heterocycles. The molecule has 0 amide bonds. The summed E-state index contributed by atoms with van der Waals surface area (Å²) in [6, 6.07) is 4.06. The Bertz CT molecular complexity index is 465. The molecule has 1 unspecified atom stereocenters. The van der Waals surface area contributed by atoms with Crippen LogP contribution in [0.4, 0.5) is 0 Å². The lowest BCUT2D eigenvalue weighted by atomic mass is 9.98. The Hall–Kier alpha value is -1.75. The molecule has 5 nitrogen and oxygen atoms in total. The molecule has 106 valence electrons. The summed E-state index contributed by atoms with van der Waals surface area (Å²) in [6.45, 7) is 7.48. The number of benzene rings is 1. The van der Waals surface area contributed by atoms with Crippen molar-refractivity contribution >= 4 is 5.97 Å². The first-order valence-electron chi connectivity index (χ1n) is 6.13. The zero-order valence-electron chi connectivity index (χ0n) is 11.7. The predicted molar refractivity (Wildman–Crippen MR) is 72.3 cm³/mol. The first kappa shape index (κ1) is 15.3. The molecule has 0 saturated heterocycles. The van der Waals surface area contributed by atoms with Crippen LogP contribution in [0.1, 0.15) is 39.3 Å². The maximum atomic E-state index is 11.0. The highest BCUT2D eigenvalue weighted by molar-refractivity contribution is 5.69. The quantitative estimate of drug-likeness (QED) is 0.780. The molecule has 1 atom stereocenters. The van der Waals surface area contributed by atoms with Crippen LogP contribution >= 0.6 is 0 Å². The van der Waals surface area contributed by atoms with Gasteiger partial charge in [-0.1, -0.05) is 6.07 Å². The second kappa shape index (κ2) is 5.48. The third kappa shape index (κ3) is 3.86. The Kier molecular flexibility index (Phi) is 4.42. The molecule has 0 aliphatic carbocycles. The van der Waals surface area contributed by atoms with E-state index in [4.69, 9.17) is 5.11 Å². The second-order valence-corrected chi connectivity index (χ2v) is 5.61. The van der Waals surface area contributed by atoms with Gasteiger partial charge in [0.05, 0.1) is 6.54 Å². The van der Waals surface area contributed by atoms with E-state index in [0.29, 0.717) is 5.56 Å². The van der Waals surface area contributed by atoms with Crippen LogP contribution in [0.15, 0.2) is 18.2 Å². The number of aromatic hydroxyl groups is 2. The highest BCUT2D eigenvalue weighted by Crippen LogP contribution is 2.34. The summed E-state index contributed by atoms with van der Waals surface area (Å²) in [5.74, 6) is -0.971. The van der Waals surface area contributed by atoms with Crippen molar-refractivity contribution in [2.75, 3.05) is 6.54 Å². The Balaban J connectivity index is 3.11. The van der Waals surface area contributed by atoms with Crippen LogP contribution in [0.25, 0.3) is 0 Å². The van der Waals surface area contributed by atoms with Gasteiger partial charge in [0.1, 0.15) is 11.5 Å². The van der Waals surface area contributed by atoms with Crippen LogP contribution in [0.3, 0.4) is 0 Å². The molecule has 19 heavy (non-hydrogen) atoms. The van der Waals surface area contributed by atoms with E-state index in [0.717, 1.165) is 0 Å². The van der Waals surface area contributed by atoms with E-state index >= 15 is 0 Å². The third-order valence-corrected chi connectivity index (χ3v) is 3.10. The topological polar surface area (TPSA) is 81.0 Å². The SMILES string of the molecule is CC(c1ccc(O)cc1O)N(CC(=O)O)C(C)(C)C. The normalized spacial score (nSPS) is 13.5. The number of nitrogens with zero attached hydrogens (tertiary/aromatic N) is 1. The average molecular weight is 267 g/mol. The van der Waals surface area contributed by atoms with Crippen molar-refractivity contribution < 1.29 is 20.1 Å². The van der Waals surface area contributed by atoms with Crippen LogP contribution in [0.5, 0.6) is 11.5 Å². The molecule has 0 bridgehead atoms. The summed E-state index contributed by atoms with van der Waals surface area (Å²) in [7, 11) is 0. The zero-order chi connectivity index (χ0) is 14.8. The fourth-order valence-electron chi connectivity index (χ4n) is 2.15. The number of carbonyl (C=O) groups is 1. The Morgan fingerprint density at radius 3 is 2.32 bits per heavy atom. The fraction of sp³-hybridized carbons (Fsp3) is 0.500. The molecule has 0 spiro atoms. The lowest BCUT2D eigenvalue weighted by molar-refractivity contribution is -0.140. The van der Waals surface area contributed by atoms with Crippen LogP contribution in [-0.4, -0.2) is 38.3 Å². The number of rotatable bonds is 4. The lowest BCUT2D eigenvalue weighted by Crippen LogP contribution is -2.45. The molecular formula is C14H21NO4. The molecule has 0 aliphatic heterocycles. The van der Waals surface area contributed by atoms with Gasteiger partial charge in [0.2, 0.25) is 0 Å². The van der Waals surface area contributed by atoms with Gasteiger partial charge in [-0.25, -0.2) is 0 Å². The van der Waals surface area contributed by atoms with Gasteiger partial charge in [-0.2, -0.15) is 0 Å². The predicted octanol–water partition coefficient (Wildman–Crippen LogP) is 2.34. The molecule has 1 aromatic rings. The zero-order valence-corrected chi connectivity index (χ0v) is 11.7. The van der Waals surface area contributed by atoms with Gasteiger partial charge >= 0.3 is 5.97 Å². The molecule has 5 heteroatoms. The van der Waals surface area contributed by atoms with Crippen molar-refractivity contribution in [3.63, 3.8) is 0 Å². The number of phenols is 2. The van der Waals surface area contributed by atoms with Gasteiger partial charge < -0.3 is 15.3 Å². The first-order valence-corrected chi connectivity index (χ1v) is 6.13. The number of carboxylic acids is 1. The summed E-state index contributed by atoms with van der Waals surface area (Å²) < 4.78 is 0. The molecule has 1 aromatic carbocycles. The fourth-order valence-corrected chi connectivity index (χ4v) is 2.15. The van der Waals surface area contributed by atoms with E-state index in [1.165, 1.54) is 12.1 Å². The van der Waals surface area contributed by atoms with Crippen LogP contribution in [0, 0.1) is 0 Å². The number of hydrogen-bond acceptors (Lipinski definition) is 4. The minimum absolute atomic E-state index is 0.0195. The molecule has 0 radical (unpaired) electrons. The summed E-state index contributed by atoms with van der Waals surface area (Å²) in [6.07, 6.45) is 0. The highest BCUT2D eigenvalue weighted by Gasteiger charge is 2.30. The maximum absolute atomic E-state index is 11.0. The molecule has 1 rings (SSSR count). The standard InChI is InChI=1S/C14H21NO4/c1-9(11-6-5-10(16)7-12(11)17)15(8-13(18)19)14(2,3)4/h5-7,9,16-17H,8H2,1-4H3,(H,18,19). The number of carboxylic acid groups (broad SMARTS) is 1. The summed E-state index contributed by atoms with van der Waals surface area (Å²) in [4.78, 5) is 12.8. The first-order chi connectivity index (χ1) is 8.62. The summed E-state index contributed by atoms with van der Waals surface area (Å²) in [5, 5.41) is 28.2. The van der Waals surface area contributed by atoms with E-state index < -0.39 is 5.97 Å². The van der Waals surface area contributed by atoms with Gasteiger partial charge in [-0.3, -0.25) is 9.69 Å². The maximum Gasteiger partial charge on any atom is 0.317 e. The Morgan fingerprint density at radius 1 is 1.32 bits per heavy atom. The number of hydrogen-bond donors (Lipinski definition) is 3. The molecule has 0 saturated carbocycles. The molecule has 0 fully saturated rings. The Labute approximate surface area is 113 Å². The van der Waals surface area contributed by atoms with Gasteiger partial charge in [0.25, 0.3) is 0 Å². The van der Waals surface area contributed by atoms with E-state index in [-0.39, 0.29) is 29.6 Å². The third-order valence-electron chi connectivity index (χ3n) is 3.10. The largest absolute Gasteiger partial charge is 0.508 e. The van der Waals surface area contributed by atoms with E-state index in [1.54, 1.807) is 11.0 Å². The van der Waals surface area contributed by atoms with E-state index in [1.807, 2.05) is 27.7 Å². The highest BCUT2D eigenvalue weighted by atomic mass is 16.4. The van der Waals surface area contributed by atoms with Crippen molar-refractivity contribution in [1.29, 1.82) is 0 Å². The Morgan fingerprint density at radius 2 is 1.89 bits per heavy atom. The number of phenolic OH excluding ortho intramolecular Hbond substituents is 2. The summed E-state index contributed by atoms with van der Waals surface area (Å²) in [5.41, 5.74) is 0.233. The van der Waals surface area contributed by atoms with E-state index in [2.05, 4.69) is 0 Å². The van der Waals surface area contributed by atoms with Crippen molar-refractivity contribution in [2.45, 2.75) is 39.3 Å². The number of aliphatic carboxylic acids is 1. The van der Waals surface area contributed by atoms with Crippen LogP contribution in [-0.2, 0) is 4.79 Å².